The van der Waals surface area contributed by atoms with Crippen LogP contribution in [0.4, 0.5) is 0 Å². The molecule has 0 spiro atoms. The summed E-state index contributed by atoms with van der Waals surface area (Å²) in [6, 6.07) is 0. The molecule has 2 rings (SSSR count). The number of hydrogen-bond acceptors (Lipinski definition) is 17. The van der Waals surface area contributed by atoms with Gasteiger partial charge in [0.2, 0.25) is 6.29 Å². The van der Waals surface area contributed by atoms with Crippen LogP contribution >= 0.6 is 12.3 Å². The Balaban J connectivity index is 2.23. The van der Waals surface area contributed by atoms with Crippen molar-refractivity contribution in [3.8, 4) is 0 Å². The minimum absolute atomic E-state index is 0.00493. The summed E-state index contributed by atoms with van der Waals surface area (Å²) in [5.41, 5.74) is 0.264. The Morgan fingerprint density at radius 1 is 0.683 bits per heavy atom. The van der Waals surface area contributed by atoms with Crippen molar-refractivity contribution in [2.75, 3.05) is 13.2 Å². The number of hydrogen-bond donors (Lipinski definition) is 6. The molecule has 0 aromatic heterocycles. The molecule has 2 fully saturated rings. The lowest BCUT2D eigenvalue weighted by molar-refractivity contribution is -0.435. The van der Waals surface area contributed by atoms with E-state index >= 15 is 0 Å². The topological polar surface area (TPSA) is 229 Å². The van der Waals surface area contributed by atoms with Crippen molar-refractivity contribution in [2.24, 2.45) is 17.8 Å². The Kier molecular flexibility index (Phi) is 28.6. The van der Waals surface area contributed by atoms with Crippen LogP contribution in [0.5, 0.6) is 0 Å². The molecule has 2 heterocycles. The SMILES string of the molecule is CCCCCCCCCCCCCCCC(=O)OC1C(OC2OC(CO)C(O)C(O)C2OSOOO)OC(CO)C(O)C1OC(=O)C(C)=C[C@@H](C)C[C@@H](C)C[C@@H](C)CCC. The van der Waals surface area contributed by atoms with Gasteiger partial charge in [0, 0.05) is 12.0 Å². The fourth-order valence-electron chi connectivity index (χ4n) is 8.19. The molecule has 0 bridgehead atoms. The zero-order valence-corrected chi connectivity index (χ0v) is 37.7. The average molecular weight is 883 g/mol. The van der Waals surface area contributed by atoms with Gasteiger partial charge in [0.05, 0.1) is 13.2 Å². The number of rotatable bonds is 32. The highest BCUT2D eigenvalue weighted by molar-refractivity contribution is 7.89. The molecule has 10 unspecified atom stereocenters. The molecule has 0 radical (unpaired) electrons. The van der Waals surface area contributed by atoms with Gasteiger partial charge >= 0.3 is 11.9 Å². The van der Waals surface area contributed by atoms with E-state index in [0.29, 0.717) is 18.3 Å². The second-order valence-corrected chi connectivity index (χ2v) is 17.4. The fourth-order valence-corrected chi connectivity index (χ4v) is 8.54. The maximum Gasteiger partial charge on any atom is 0.333 e. The van der Waals surface area contributed by atoms with Crippen LogP contribution in [0.2, 0.25) is 0 Å². The smallest absolute Gasteiger partial charge is 0.333 e. The van der Waals surface area contributed by atoms with Crippen LogP contribution in [0.25, 0.3) is 0 Å². The van der Waals surface area contributed by atoms with E-state index in [9.17, 15) is 35.1 Å². The Bertz CT molecular complexity index is 1180. The highest BCUT2D eigenvalue weighted by atomic mass is 32.2. The molecule has 0 aromatic rings. The van der Waals surface area contributed by atoms with Crippen LogP contribution < -0.4 is 0 Å². The summed E-state index contributed by atoms with van der Waals surface area (Å²) in [5, 5.41) is 65.0. The zero-order valence-electron chi connectivity index (χ0n) is 36.9. The number of carbonyl (C=O) groups is 2. The summed E-state index contributed by atoms with van der Waals surface area (Å²) in [6.07, 6.45) is 4.39. The third-order valence-electron chi connectivity index (χ3n) is 11.3. The predicted molar refractivity (Wildman–Crippen MR) is 223 cm³/mol. The van der Waals surface area contributed by atoms with Crippen molar-refractivity contribution >= 4 is 24.3 Å². The monoisotopic (exact) mass is 883 g/mol. The largest absolute Gasteiger partial charge is 0.453 e. The van der Waals surface area contributed by atoms with E-state index in [1.165, 1.54) is 51.4 Å². The van der Waals surface area contributed by atoms with Crippen LogP contribution in [-0.2, 0) is 46.8 Å². The van der Waals surface area contributed by atoms with Gasteiger partial charge in [0.15, 0.2) is 36.9 Å². The van der Waals surface area contributed by atoms with Gasteiger partial charge in [-0.05, 0) is 43.9 Å². The van der Waals surface area contributed by atoms with Gasteiger partial charge in [-0.15, -0.1) is 4.33 Å². The van der Waals surface area contributed by atoms with E-state index in [-0.39, 0.29) is 30.2 Å². The molecule has 17 heteroatoms. The molecule has 6 N–H and O–H groups in total. The number of allylic oxidation sites excluding steroid dienone is 1. The Labute approximate surface area is 362 Å². The summed E-state index contributed by atoms with van der Waals surface area (Å²) in [4.78, 5) is 27.1. The van der Waals surface area contributed by atoms with E-state index in [1.807, 2.05) is 6.92 Å². The molecule has 13 atom stereocenters. The van der Waals surface area contributed by atoms with Crippen LogP contribution in [0.1, 0.15) is 157 Å². The van der Waals surface area contributed by atoms with Gasteiger partial charge in [-0.3, -0.25) is 8.98 Å². The number of aliphatic hydroxyl groups excluding tert-OH is 5. The number of unbranched alkanes of at least 4 members (excludes halogenated alkanes) is 12. The molecule has 0 saturated carbocycles. The van der Waals surface area contributed by atoms with Crippen LogP contribution in [0.15, 0.2) is 11.6 Å². The van der Waals surface area contributed by atoms with Crippen molar-refractivity contribution < 1.29 is 77.6 Å². The Morgan fingerprint density at radius 2 is 1.23 bits per heavy atom. The first-order chi connectivity index (χ1) is 28.8. The molecular formula is C43H78O16S. The lowest BCUT2D eigenvalue weighted by Gasteiger charge is -2.46. The Hall–Kier alpha value is -1.45. The third kappa shape index (κ3) is 19.9. The minimum atomic E-state index is -1.77. The Morgan fingerprint density at radius 3 is 1.78 bits per heavy atom. The first-order valence-electron chi connectivity index (χ1n) is 22.4. The molecule has 352 valence electrons. The summed E-state index contributed by atoms with van der Waals surface area (Å²) in [6.45, 7) is 10.9. The lowest BCUT2D eigenvalue weighted by atomic mass is 9.87. The molecule has 16 nitrogen and oxygen atoms in total. The highest BCUT2D eigenvalue weighted by Gasteiger charge is 2.54. The molecule has 2 aliphatic heterocycles. The van der Waals surface area contributed by atoms with Crippen molar-refractivity contribution in [1.29, 1.82) is 0 Å². The van der Waals surface area contributed by atoms with Crippen molar-refractivity contribution in [3.05, 3.63) is 11.6 Å². The lowest BCUT2D eigenvalue weighted by Crippen LogP contribution is -2.65. The molecule has 2 saturated heterocycles. The first-order valence-corrected chi connectivity index (χ1v) is 23.1. The second kappa shape index (κ2) is 31.4. The summed E-state index contributed by atoms with van der Waals surface area (Å²) >= 11 is 0.0568. The van der Waals surface area contributed by atoms with E-state index in [0.717, 1.165) is 51.4 Å². The van der Waals surface area contributed by atoms with Crippen molar-refractivity contribution in [1.82, 2.24) is 0 Å². The van der Waals surface area contributed by atoms with E-state index < -0.39 is 86.6 Å². The zero-order chi connectivity index (χ0) is 44.5. The fraction of sp³-hybridized carbons (Fsp3) is 0.907. The maximum absolute atomic E-state index is 13.7. The minimum Gasteiger partial charge on any atom is -0.453 e. The van der Waals surface area contributed by atoms with Crippen LogP contribution in [0.3, 0.4) is 0 Å². The van der Waals surface area contributed by atoms with Gasteiger partial charge in [-0.2, -0.15) is 0 Å². The third-order valence-corrected chi connectivity index (χ3v) is 11.7. The van der Waals surface area contributed by atoms with E-state index in [2.05, 4.69) is 37.1 Å². The quantitative estimate of drug-likeness (QED) is 0.0104. The van der Waals surface area contributed by atoms with Gasteiger partial charge in [0.1, 0.15) is 30.5 Å². The summed E-state index contributed by atoms with van der Waals surface area (Å²) in [7, 11) is 0. The first kappa shape index (κ1) is 54.7. The maximum atomic E-state index is 13.7. The van der Waals surface area contributed by atoms with Crippen molar-refractivity contribution in [2.45, 2.75) is 219 Å². The molecule has 0 aromatic carbocycles. The number of ether oxygens (including phenoxy) is 5. The van der Waals surface area contributed by atoms with Gasteiger partial charge in [-0.25, -0.2) is 10.1 Å². The van der Waals surface area contributed by atoms with E-state index in [1.54, 1.807) is 13.0 Å². The molecular weight excluding hydrogens is 805 g/mol. The average Bonchev–Trinajstić information content (AvgIpc) is 3.20. The number of aliphatic hydroxyl groups is 5. The number of esters is 2. The molecule has 60 heavy (non-hydrogen) atoms. The second-order valence-electron chi connectivity index (χ2n) is 16.9. The van der Waals surface area contributed by atoms with Crippen molar-refractivity contribution in [3.63, 3.8) is 0 Å². The number of carbonyl (C=O) groups excluding carboxylic acids is 2. The summed E-state index contributed by atoms with van der Waals surface area (Å²) in [5.74, 6) is -0.447. The van der Waals surface area contributed by atoms with E-state index in [4.69, 9.17) is 33.1 Å². The molecule has 2 aliphatic rings. The normalized spacial score (nSPS) is 28.9. The van der Waals surface area contributed by atoms with Gasteiger partial charge in [-0.1, -0.05) is 136 Å². The predicted octanol–water partition coefficient (Wildman–Crippen LogP) is 6.63. The van der Waals surface area contributed by atoms with Gasteiger partial charge < -0.3 is 49.2 Å². The van der Waals surface area contributed by atoms with Crippen LogP contribution in [0, 0.1) is 17.8 Å². The summed E-state index contributed by atoms with van der Waals surface area (Å²) < 4.78 is 38.9. The standard InChI is InChI=1S/C43H78O16S/c1-7-9-10-11-12-13-14-15-16-17-18-19-20-22-34(46)54-40-38(55-41(50)31(6)25-30(5)24-29(4)23-28(3)21-8-2)36(48)33(27-45)53-43(40)56-42-39(57-60-59-58-51)37(49)35(47)32(26-44)52-42/h25,28-30,32-33,35-40,42-45,47-49,51H,7-24,26-27H2,1-6H3/t28-,29-,30-,32?,33?,35?,36?,37?,38?,39?,40?,42?,43?/m0/s1. The van der Waals surface area contributed by atoms with Crippen LogP contribution in [-0.4, -0.2) is 117 Å². The van der Waals surface area contributed by atoms with Gasteiger partial charge in [0.25, 0.3) is 0 Å². The molecule has 0 aliphatic carbocycles. The highest BCUT2D eigenvalue weighted by Crippen LogP contribution is 2.34. The molecule has 0 amide bonds.